The number of halogens is 1. The zero-order valence-electron chi connectivity index (χ0n) is 15.2. The van der Waals surface area contributed by atoms with Crippen molar-refractivity contribution < 1.29 is 9.53 Å². The first-order valence-corrected chi connectivity index (χ1v) is 11.4. The average molecular weight is 452 g/mol. The van der Waals surface area contributed by atoms with Crippen LogP contribution in [0, 0.1) is 0 Å². The summed E-state index contributed by atoms with van der Waals surface area (Å²) in [5.41, 5.74) is 1.90. The molecule has 0 radical (unpaired) electrons. The lowest BCUT2D eigenvalue weighted by Crippen LogP contribution is -2.22. The van der Waals surface area contributed by atoms with E-state index in [0.717, 1.165) is 25.9 Å². The number of ether oxygens (including phenoxy) is 1. The minimum Gasteiger partial charge on any atom is -0.497 e. The van der Waals surface area contributed by atoms with Crippen molar-refractivity contribution in [3.05, 3.63) is 59.1 Å². The van der Waals surface area contributed by atoms with Crippen molar-refractivity contribution in [3.8, 4) is 5.75 Å². The van der Waals surface area contributed by atoms with Gasteiger partial charge in [0.2, 0.25) is 5.91 Å². The summed E-state index contributed by atoms with van der Waals surface area (Å²) in [6.45, 7) is 1.85. The van der Waals surface area contributed by atoms with Crippen molar-refractivity contribution in [1.82, 2.24) is 10.2 Å². The molecule has 2 aromatic carbocycles. The summed E-state index contributed by atoms with van der Waals surface area (Å²) >= 11 is 10.4. The van der Waals surface area contributed by atoms with E-state index in [-0.39, 0.29) is 11.2 Å². The van der Waals surface area contributed by atoms with E-state index in [0.29, 0.717) is 5.02 Å². The standard InChI is InChI=1S/C19H18ClN3O2S3/c1-12(17(24)21-15-7-5-14(20)6-8-15)27-19-23-22-18(28-19)26-11-13-3-9-16(25-2)10-4-13/h3-10,12H,11H2,1-2H3,(H,21,24). The van der Waals surface area contributed by atoms with Gasteiger partial charge in [0.25, 0.3) is 0 Å². The Hall–Kier alpha value is -1.74. The van der Waals surface area contributed by atoms with Gasteiger partial charge in [0.1, 0.15) is 5.75 Å². The van der Waals surface area contributed by atoms with Crippen LogP contribution in [0.1, 0.15) is 12.5 Å². The first kappa shape index (κ1) is 21.0. The Morgan fingerprint density at radius 1 is 1.14 bits per heavy atom. The van der Waals surface area contributed by atoms with E-state index in [9.17, 15) is 4.79 Å². The second-order valence-corrected chi connectivity index (χ2v) is 9.95. The largest absolute Gasteiger partial charge is 0.497 e. The van der Waals surface area contributed by atoms with E-state index >= 15 is 0 Å². The molecular formula is C19H18ClN3O2S3. The van der Waals surface area contributed by atoms with Crippen LogP contribution in [0.25, 0.3) is 0 Å². The number of nitrogens with one attached hydrogen (secondary N) is 1. The highest BCUT2D eigenvalue weighted by molar-refractivity contribution is 8.03. The minimum atomic E-state index is -0.289. The molecule has 1 N–H and O–H groups in total. The van der Waals surface area contributed by atoms with Gasteiger partial charge in [-0.3, -0.25) is 4.79 Å². The highest BCUT2D eigenvalue weighted by Crippen LogP contribution is 2.33. The van der Waals surface area contributed by atoms with Gasteiger partial charge in [0.05, 0.1) is 12.4 Å². The number of rotatable bonds is 8. The van der Waals surface area contributed by atoms with E-state index in [1.165, 1.54) is 28.7 Å². The lowest BCUT2D eigenvalue weighted by atomic mass is 10.2. The summed E-state index contributed by atoms with van der Waals surface area (Å²) in [4.78, 5) is 12.3. The van der Waals surface area contributed by atoms with Crippen LogP contribution >= 0.6 is 46.5 Å². The summed E-state index contributed by atoms with van der Waals surface area (Å²) < 4.78 is 6.82. The number of carbonyl (C=O) groups excluding carboxylic acids is 1. The van der Waals surface area contributed by atoms with Gasteiger partial charge in [-0.25, -0.2) is 0 Å². The second-order valence-electron chi connectivity index (χ2n) is 5.73. The molecule has 0 spiro atoms. The molecule has 1 heterocycles. The molecule has 1 amide bonds. The molecule has 0 fully saturated rings. The van der Waals surface area contributed by atoms with Gasteiger partial charge in [-0.05, 0) is 48.9 Å². The average Bonchev–Trinajstić information content (AvgIpc) is 3.15. The molecule has 9 heteroatoms. The molecule has 0 saturated carbocycles. The monoisotopic (exact) mass is 451 g/mol. The van der Waals surface area contributed by atoms with Gasteiger partial charge in [0.15, 0.2) is 8.68 Å². The van der Waals surface area contributed by atoms with Crippen LogP contribution < -0.4 is 10.1 Å². The predicted octanol–water partition coefficient (Wildman–Crippen LogP) is 5.61. The molecular weight excluding hydrogens is 434 g/mol. The van der Waals surface area contributed by atoms with Crippen molar-refractivity contribution in [1.29, 1.82) is 0 Å². The smallest absolute Gasteiger partial charge is 0.237 e. The van der Waals surface area contributed by atoms with Crippen LogP contribution in [0.3, 0.4) is 0 Å². The highest BCUT2D eigenvalue weighted by Gasteiger charge is 2.17. The third-order valence-corrected chi connectivity index (χ3v) is 7.23. The molecule has 0 bridgehead atoms. The SMILES string of the molecule is COc1ccc(CSc2nnc(SC(C)C(=O)Nc3ccc(Cl)cc3)s2)cc1. The van der Waals surface area contributed by atoms with Gasteiger partial charge in [-0.15, -0.1) is 10.2 Å². The summed E-state index contributed by atoms with van der Waals surface area (Å²) in [5.74, 6) is 1.56. The van der Waals surface area contributed by atoms with Crippen molar-refractivity contribution >= 4 is 58.1 Å². The summed E-state index contributed by atoms with van der Waals surface area (Å²) in [7, 11) is 1.65. The zero-order valence-corrected chi connectivity index (χ0v) is 18.4. The number of aromatic nitrogens is 2. The van der Waals surface area contributed by atoms with Gasteiger partial charge in [0, 0.05) is 16.5 Å². The van der Waals surface area contributed by atoms with Gasteiger partial charge >= 0.3 is 0 Å². The Morgan fingerprint density at radius 2 is 1.82 bits per heavy atom. The maximum absolute atomic E-state index is 12.3. The van der Waals surface area contributed by atoms with Gasteiger partial charge < -0.3 is 10.1 Å². The molecule has 1 atom stereocenters. The number of nitrogens with zero attached hydrogens (tertiary/aromatic N) is 2. The molecule has 28 heavy (non-hydrogen) atoms. The molecule has 0 saturated heterocycles. The third kappa shape index (κ3) is 6.13. The van der Waals surface area contributed by atoms with Crippen LogP contribution in [0.2, 0.25) is 5.02 Å². The van der Waals surface area contributed by atoms with Crippen molar-refractivity contribution in [3.63, 3.8) is 0 Å². The van der Waals surface area contributed by atoms with Crippen LogP contribution in [-0.2, 0) is 10.5 Å². The van der Waals surface area contributed by atoms with Crippen LogP contribution in [0.5, 0.6) is 5.75 Å². The third-order valence-electron chi connectivity index (χ3n) is 3.67. The lowest BCUT2D eigenvalue weighted by molar-refractivity contribution is -0.115. The Labute approximate surface area is 181 Å². The van der Waals surface area contributed by atoms with Crippen LogP contribution in [0.15, 0.2) is 57.2 Å². The normalized spacial score (nSPS) is 11.8. The number of carbonyl (C=O) groups is 1. The van der Waals surface area contributed by atoms with E-state index in [2.05, 4.69) is 15.5 Å². The first-order valence-electron chi connectivity index (χ1n) is 8.36. The molecule has 1 aromatic heterocycles. The summed E-state index contributed by atoms with van der Waals surface area (Å²) in [6.07, 6.45) is 0. The van der Waals surface area contributed by atoms with Crippen molar-refractivity contribution in [2.45, 2.75) is 26.6 Å². The number of hydrogen-bond donors (Lipinski definition) is 1. The van der Waals surface area contributed by atoms with Crippen LogP contribution in [0.4, 0.5) is 5.69 Å². The summed E-state index contributed by atoms with van der Waals surface area (Å²) in [6, 6.07) is 15.0. The van der Waals surface area contributed by atoms with E-state index in [4.69, 9.17) is 16.3 Å². The lowest BCUT2D eigenvalue weighted by Gasteiger charge is -2.10. The molecule has 0 aliphatic rings. The van der Waals surface area contributed by atoms with Crippen molar-refractivity contribution in [2.75, 3.05) is 12.4 Å². The van der Waals surface area contributed by atoms with E-state index < -0.39 is 0 Å². The first-order chi connectivity index (χ1) is 13.5. The Bertz CT molecular complexity index is 917. The molecule has 1 unspecified atom stereocenters. The predicted molar refractivity (Wildman–Crippen MR) is 118 cm³/mol. The van der Waals surface area contributed by atoms with E-state index in [1.807, 2.05) is 31.2 Å². The number of hydrogen-bond acceptors (Lipinski definition) is 7. The van der Waals surface area contributed by atoms with Crippen LogP contribution in [-0.4, -0.2) is 28.5 Å². The Kier molecular flexibility index (Phi) is 7.61. The highest BCUT2D eigenvalue weighted by atomic mass is 35.5. The fraction of sp³-hybridized carbons (Fsp3) is 0.211. The number of anilines is 1. The number of methoxy groups -OCH3 is 1. The molecule has 3 rings (SSSR count). The maximum atomic E-state index is 12.3. The number of benzene rings is 2. The fourth-order valence-electron chi connectivity index (χ4n) is 2.15. The Balaban J connectivity index is 1.50. The Morgan fingerprint density at radius 3 is 2.50 bits per heavy atom. The van der Waals surface area contributed by atoms with Crippen molar-refractivity contribution in [2.24, 2.45) is 0 Å². The molecule has 146 valence electrons. The number of thioether (sulfide) groups is 2. The topological polar surface area (TPSA) is 64.1 Å². The number of amides is 1. The molecule has 3 aromatic rings. The zero-order chi connectivity index (χ0) is 19.9. The van der Waals surface area contributed by atoms with Gasteiger partial charge in [-0.1, -0.05) is 58.6 Å². The van der Waals surface area contributed by atoms with E-state index in [1.54, 1.807) is 43.1 Å². The minimum absolute atomic E-state index is 0.0880. The molecule has 0 aliphatic heterocycles. The molecule has 5 nitrogen and oxygen atoms in total. The fourth-order valence-corrected chi connectivity index (χ4v) is 5.40. The second kappa shape index (κ2) is 10.2. The molecule has 0 aliphatic carbocycles. The maximum Gasteiger partial charge on any atom is 0.237 e. The quantitative estimate of drug-likeness (QED) is 0.449. The summed E-state index contributed by atoms with van der Waals surface area (Å²) in [5, 5.41) is 11.6. The van der Waals surface area contributed by atoms with Gasteiger partial charge in [-0.2, -0.15) is 0 Å².